The second-order valence-corrected chi connectivity index (χ2v) is 8.76. The number of benzene rings is 1. The number of fused-ring (bicyclic) bond motifs is 2. The zero-order valence-corrected chi connectivity index (χ0v) is 15.9. The van der Waals surface area contributed by atoms with Gasteiger partial charge < -0.3 is 5.32 Å². The summed E-state index contributed by atoms with van der Waals surface area (Å²) in [5.74, 6) is 2.47. The first-order valence-electron chi connectivity index (χ1n) is 9.09. The number of hydrogen-bond acceptors (Lipinski definition) is 3. The molecule has 0 aliphatic heterocycles. The highest BCUT2D eigenvalue weighted by atomic mass is 35.5. The maximum absolute atomic E-state index is 12.4. The maximum atomic E-state index is 12.4. The van der Waals surface area contributed by atoms with Crippen molar-refractivity contribution in [2.24, 2.45) is 17.8 Å². The molecule has 132 valence electrons. The molecule has 0 radical (unpaired) electrons. The summed E-state index contributed by atoms with van der Waals surface area (Å²) in [4.78, 5) is 17.0. The first kappa shape index (κ1) is 17.0. The van der Waals surface area contributed by atoms with Crippen LogP contribution in [0.2, 0.25) is 5.02 Å². The lowest BCUT2D eigenvalue weighted by Crippen LogP contribution is -2.40. The summed E-state index contributed by atoms with van der Waals surface area (Å²) in [5.41, 5.74) is 1.74. The first-order chi connectivity index (χ1) is 12.1. The molecule has 4 atom stereocenters. The number of aromatic nitrogens is 1. The van der Waals surface area contributed by atoms with Crippen LogP contribution in [0.1, 0.15) is 38.3 Å². The number of nitrogens with zero attached hydrogens (tertiary/aromatic N) is 1. The largest absolute Gasteiger partial charge is 0.353 e. The zero-order chi connectivity index (χ0) is 17.4. The summed E-state index contributed by atoms with van der Waals surface area (Å²) in [5, 5.41) is 6.74. The average Bonchev–Trinajstić information content (AvgIpc) is 3.31. The fourth-order valence-electron chi connectivity index (χ4n) is 4.63. The summed E-state index contributed by atoms with van der Waals surface area (Å²) < 4.78 is 0. The van der Waals surface area contributed by atoms with Crippen molar-refractivity contribution in [2.75, 3.05) is 0 Å². The average molecular weight is 375 g/mol. The molecule has 3 nitrogen and oxygen atoms in total. The van der Waals surface area contributed by atoms with Gasteiger partial charge in [0.1, 0.15) is 5.01 Å². The van der Waals surface area contributed by atoms with Crippen LogP contribution in [0.5, 0.6) is 0 Å². The van der Waals surface area contributed by atoms with Crippen molar-refractivity contribution >= 4 is 28.8 Å². The predicted octanol–water partition coefficient (Wildman–Crippen LogP) is 4.95. The summed E-state index contributed by atoms with van der Waals surface area (Å²) in [6.07, 6.45) is 5.75. The molecule has 2 fully saturated rings. The van der Waals surface area contributed by atoms with Crippen molar-refractivity contribution < 1.29 is 4.79 Å². The van der Waals surface area contributed by atoms with Crippen LogP contribution < -0.4 is 5.32 Å². The first-order valence-corrected chi connectivity index (χ1v) is 10.3. The Morgan fingerprint density at radius 1 is 1.36 bits per heavy atom. The molecule has 1 heterocycles. The van der Waals surface area contributed by atoms with Crippen LogP contribution in [0.4, 0.5) is 0 Å². The molecular formula is C20H23ClN2OS. The number of amides is 1. The zero-order valence-electron chi connectivity index (χ0n) is 14.4. The molecule has 4 rings (SSSR count). The quantitative estimate of drug-likeness (QED) is 0.804. The van der Waals surface area contributed by atoms with Crippen molar-refractivity contribution in [3.63, 3.8) is 0 Å². The van der Waals surface area contributed by atoms with Gasteiger partial charge in [-0.3, -0.25) is 4.79 Å². The van der Waals surface area contributed by atoms with E-state index in [1.54, 1.807) is 0 Å². The van der Waals surface area contributed by atoms with Crippen LogP contribution >= 0.6 is 22.9 Å². The molecule has 4 unspecified atom stereocenters. The van der Waals surface area contributed by atoms with E-state index in [-0.39, 0.29) is 11.9 Å². The third kappa shape index (κ3) is 3.61. The molecule has 1 aromatic heterocycles. The van der Waals surface area contributed by atoms with E-state index < -0.39 is 0 Å². The summed E-state index contributed by atoms with van der Waals surface area (Å²) in [7, 11) is 0. The Kier molecular flexibility index (Phi) is 4.83. The number of nitrogens with one attached hydrogen (secondary N) is 1. The van der Waals surface area contributed by atoms with Crippen LogP contribution in [0.25, 0.3) is 10.6 Å². The Labute approximate surface area is 157 Å². The van der Waals surface area contributed by atoms with Gasteiger partial charge in [0.15, 0.2) is 0 Å². The molecule has 2 aliphatic carbocycles. The van der Waals surface area contributed by atoms with Gasteiger partial charge in [-0.2, -0.15) is 0 Å². The fourth-order valence-corrected chi connectivity index (χ4v) is 5.77. The van der Waals surface area contributed by atoms with Crippen molar-refractivity contribution in [1.82, 2.24) is 10.3 Å². The smallest absolute Gasteiger partial charge is 0.226 e. The minimum absolute atomic E-state index is 0.0753. The highest BCUT2D eigenvalue weighted by Crippen LogP contribution is 2.49. The van der Waals surface area contributed by atoms with Gasteiger partial charge in [-0.25, -0.2) is 4.98 Å². The Balaban J connectivity index is 1.36. The summed E-state index contributed by atoms with van der Waals surface area (Å²) in [6.45, 7) is 2.17. The molecular weight excluding hydrogens is 352 g/mol. The van der Waals surface area contributed by atoms with E-state index in [0.717, 1.165) is 28.1 Å². The van der Waals surface area contributed by atoms with E-state index in [2.05, 4.69) is 17.2 Å². The summed E-state index contributed by atoms with van der Waals surface area (Å²) in [6, 6.07) is 7.95. The van der Waals surface area contributed by atoms with Crippen LogP contribution in [0.3, 0.4) is 0 Å². The molecule has 0 spiro atoms. The van der Waals surface area contributed by atoms with Gasteiger partial charge in [-0.05, 0) is 50.0 Å². The topological polar surface area (TPSA) is 42.0 Å². The second-order valence-electron chi connectivity index (χ2n) is 7.50. The lowest BCUT2D eigenvalue weighted by atomic mass is 9.84. The second kappa shape index (κ2) is 7.08. The number of thiazole rings is 1. The van der Waals surface area contributed by atoms with E-state index in [1.165, 1.54) is 37.0 Å². The normalized spacial score (nSPS) is 25.9. The third-order valence-electron chi connectivity index (χ3n) is 5.82. The van der Waals surface area contributed by atoms with E-state index >= 15 is 0 Å². The number of carbonyl (C=O) groups is 1. The van der Waals surface area contributed by atoms with Crippen molar-refractivity contribution in [3.8, 4) is 10.6 Å². The molecule has 2 bridgehead atoms. The van der Waals surface area contributed by atoms with E-state index in [9.17, 15) is 4.79 Å². The summed E-state index contributed by atoms with van der Waals surface area (Å²) >= 11 is 7.77. The minimum Gasteiger partial charge on any atom is -0.353 e. The van der Waals surface area contributed by atoms with Crippen LogP contribution in [0.15, 0.2) is 29.6 Å². The molecule has 1 aromatic carbocycles. The van der Waals surface area contributed by atoms with Gasteiger partial charge in [-0.1, -0.05) is 36.2 Å². The van der Waals surface area contributed by atoms with Crippen LogP contribution in [-0.2, 0) is 11.2 Å². The Morgan fingerprint density at radius 3 is 2.92 bits per heavy atom. The van der Waals surface area contributed by atoms with Gasteiger partial charge in [0.2, 0.25) is 5.91 Å². The molecule has 2 aliphatic rings. The van der Waals surface area contributed by atoms with Gasteiger partial charge in [-0.15, -0.1) is 11.3 Å². The van der Waals surface area contributed by atoms with Crippen molar-refractivity contribution in [2.45, 2.75) is 45.1 Å². The highest BCUT2D eigenvalue weighted by Gasteiger charge is 2.42. The van der Waals surface area contributed by atoms with Crippen LogP contribution in [-0.4, -0.2) is 16.9 Å². The van der Waals surface area contributed by atoms with E-state index in [0.29, 0.717) is 17.4 Å². The highest BCUT2D eigenvalue weighted by molar-refractivity contribution is 7.13. The molecule has 2 aromatic rings. The molecule has 5 heteroatoms. The maximum Gasteiger partial charge on any atom is 0.226 e. The van der Waals surface area contributed by atoms with E-state index in [1.807, 2.05) is 29.6 Å². The SMILES string of the molecule is CC(NC(=O)Cc1csc(-c2ccccc2Cl)n1)C1CC2CCC1C2. The molecule has 25 heavy (non-hydrogen) atoms. The van der Waals surface area contributed by atoms with Crippen LogP contribution in [0, 0.1) is 17.8 Å². The lowest BCUT2D eigenvalue weighted by Gasteiger charge is -2.28. The molecule has 0 saturated heterocycles. The standard InChI is InChI=1S/C20H23ClN2OS/c1-12(17-9-13-6-7-14(17)8-13)22-19(24)10-15-11-25-20(23-15)16-4-2-3-5-18(16)21/h2-5,11-14,17H,6-10H2,1H3,(H,22,24). The van der Waals surface area contributed by atoms with Gasteiger partial charge in [0.05, 0.1) is 17.1 Å². The number of carbonyl (C=O) groups excluding carboxylic acids is 1. The third-order valence-corrected chi connectivity index (χ3v) is 7.08. The molecule has 1 N–H and O–H groups in total. The van der Waals surface area contributed by atoms with E-state index in [4.69, 9.17) is 11.6 Å². The number of rotatable bonds is 5. The predicted molar refractivity (Wildman–Crippen MR) is 103 cm³/mol. The van der Waals surface area contributed by atoms with Crippen molar-refractivity contribution in [3.05, 3.63) is 40.4 Å². The Morgan fingerprint density at radius 2 is 2.20 bits per heavy atom. The molecule has 2 saturated carbocycles. The van der Waals surface area contributed by atoms with Gasteiger partial charge in [0.25, 0.3) is 0 Å². The number of hydrogen-bond donors (Lipinski definition) is 1. The number of halogens is 1. The lowest BCUT2D eigenvalue weighted by molar-refractivity contribution is -0.121. The Hall–Kier alpha value is -1.39. The van der Waals surface area contributed by atoms with Gasteiger partial charge >= 0.3 is 0 Å². The minimum atomic E-state index is 0.0753. The molecule has 1 amide bonds. The monoisotopic (exact) mass is 374 g/mol. The van der Waals surface area contributed by atoms with Crippen molar-refractivity contribution in [1.29, 1.82) is 0 Å². The Bertz CT molecular complexity index is 775. The fraction of sp³-hybridized carbons (Fsp3) is 0.500. The van der Waals surface area contributed by atoms with Gasteiger partial charge in [0, 0.05) is 17.0 Å².